The van der Waals surface area contributed by atoms with Gasteiger partial charge in [-0.15, -0.1) is 0 Å². The molecule has 2 aromatic rings. The van der Waals surface area contributed by atoms with Crippen LogP contribution in [0.5, 0.6) is 0 Å². The van der Waals surface area contributed by atoms with E-state index in [1.54, 1.807) is 0 Å². The lowest BCUT2D eigenvalue weighted by Crippen LogP contribution is -2.42. The van der Waals surface area contributed by atoms with Crippen molar-refractivity contribution in [1.29, 1.82) is 0 Å². The van der Waals surface area contributed by atoms with Crippen LogP contribution < -0.4 is 5.32 Å². The van der Waals surface area contributed by atoms with E-state index in [0.29, 0.717) is 12.3 Å². The van der Waals surface area contributed by atoms with Crippen molar-refractivity contribution in [2.75, 3.05) is 6.54 Å². The first-order valence-corrected chi connectivity index (χ1v) is 7.69. The van der Waals surface area contributed by atoms with Crippen LogP contribution in [0.2, 0.25) is 0 Å². The molecule has 0 radical (unpaired) electrons. The highest BCUT2D eigenvalue weighted by molar-refractivity contribution is 5.32. The normalized spacial score (nSPS) is 14.1. The molecule has 1 atom stereocenters. The minimum atomic E-state index is -0.780. The Morgan fingerprint density at radius 1 is 0.952 bits per heavy atom. The molecule has 2 heteroatoms. The van der Waals surface area contributed by atoms with Crippen molar-refractivity contribution >= 4 is 0 Å². The molecule has 0 aliphatic heterocycles. The molecule has 0 bridgehead atoms. The minimum Gasteiger partial charge on any atom is -0.376 e. The van der Waals surface area contributed by atoms with Crippen LogP contribution in [0.25, 0.3) is 0 Å². The Morgan fingerprint density at radius 2 is 1.43 bits per heavy atom. The zero-order chi connectivity index (χ0) is 15.1. The number of hydrogen-bond acceptors (Lipinski definition) is 2. The molecule has 0 aliphatic rings. The van der Waals surface area contributed by atoms with E-state index < -0.39 is 5.72 Å². The zero-order valence-electron chi connectivity index (χ0n) is 12.9. The third kappa shape index (κ3) is 4.69. The molecule has 112 valence electrons. The summed E-state index contributed by atoms with van der Waals surface area (Å²) in [6.45, 7) is 4.60. The third-order valence-corrected chi connectivity index (χ3v) is 4.03. The third-order valence-electron chi connectivity index (χ3n) is 4.03. The van der Waals surface area contributed by atoms with Gasteiger partial charge in [-0.3, -0.25) is 5.32 Å². The van der Waals surface area contributed by atoms with Crippen molar-refractivity contribution in [2.45, 2.75) is 38.3 Å². The fourth-order valence-electron chi connectivity index (χ4n) is 2.51. The summed E-state index contributed by atoms with van der Waals surface area (Å²) in [6.07, 6.45) is 1.67. The van der Waals surface area contributed by atoms with Gasteiger partial charge in [0.2, 0.25) is 0 Å². The predicted octanol–water partition coefficient (Wildman–Crippen LogP) is 3.92. The van der Waals surface area contributed by atoms with Gasteiger partial charge in [0.15, 0.2) is 0 Å². The Bertz CT molecular complexity index is 482. The van der Waals surface area contributed by atoms with Crippen molar-refractivity contribution in [1.82, 2.24) is 5.32 Å². The first kappa shape index (κ1) is 15.7. The number of rotatable bonds is 7. The van der Waals surface area contributed by atoms with E-state index in [4.69, 9.17) is 0 Å². The lowest BCUT2D eigenvalue weighted by atomic mass is 9.88. The van der Waals surface area contributed by atoms with E-state index in [-0.39, 0.29) is 0 Å². The molecule has 0 aromatic heterocycles. The second-order valence-corrected chi connectivity index (χ2v) is 5.72. The fourth-order valence-corrected chi connectivity index (χ4v) is 2.51. The van der Waals surface area contributed by atoms with Crippen LogP contribution in [0.4, 0.5) is 0 Å². The van der Waals surface area contributed by atoms with Crippen LogP contribution in [0, 0.1) is 0 Å². The van der Waals surface area contributed by atoms with Crippen LogP contribution >= 0.6 is 0 Å². The quantitative estimate of drug-likeness (QED) is 0.755. The summed E-state index contributed by atoms with van der Waals surface area (Å²) in [5, 5.41) is 13.3. The van der Waals surface area contributed by atoms with Gasteiger partial charge >= 0.3 is 0 Å². The molecular weight excluding hydrogens is 258 g/mol. The molecule has 0 heterocycles. The lowest BCUT2D eigenvalue weighted by Gasteiger charge is -2.25. The maximum Gasteiger partial charge on any atom is 0.112 e. The van der Waals surface area contributed by atoms with E-state index in [1.807, 2.05) is 26.0 Å². The van der Waals surface area contributed by atoms with Gasteiger partial charge in [-0.25, -0.2) is 0 Å². The largest absolute Gasteiger partial charge is 0.376 e. The smallest absolute Gasteiger partial charge is 0.112 e. The van der Waals surface area contributed by atoms with Crippen molar-refractivity contribution in [2.24, 2.45) is 0 Å². The highest BCUT2D eigenvalue weighted by Crippen LogP contribution is 2.27. The number of nitrogens with one attached hydrogen (secondary N) is 1. The summed E-state index contributed by atoms with van der Waals surface area (Å²) < 4.78 is 0. The summed E-state index contributed by atoms with van der Waals surface area (Å²) in [7, 11) is 0. The number of hydrogen-bond donors (Lipinski definition) is 2. The van der Waals surface area contributed by atoms with E-state index in [1.165, 1.54) is 11.1 Å². The number of aliphatic hydroxyl groups is 1. The highest BCUT2D eigenvalue weighted by Gasteiger charge is 2.18. The lowest BCUT2D eigenvalue weighted by molar-refractivity contribution is 0.0202. The summed E-state index contributed by atoms with van der Waals surface area (Å²) in [4.78, 5) is 0. The Morgan fingerprint density at radius 3 is 1.86 bits per heavy atom. The summed E-state index contributed by atoms with van der Waals surface area (Å²) in [5.41, 5.74) is 1.86. The summed E-state index contributed by atoms with van der Waals surface area (Å²) >= 11 is 0. The van der Waals surface area contributed by atoms with Gasteiger partial charge < -0.3 is 5.11 Å². The van der Waals surface area contributed by atoms with E-state index in [2.05, 4.69) is 53.8 Å². The predicted molar refractivity (Wildman–Crippen MR) is 88.3 cm³/mol. The van der Waals surface area contributed by atoms with E-state index in [9.17, 15) is 5.11 Å². The van der Waals surface area contributed by atoms with Crippen molar-refractivity contribution in [3.63, 3.8) is 0 Å². The van der Waals surface area contributed by atoms with Crippen LogP contribution in [-0.4, -0.2) is 17.4 Å². The van der Waals surface area contributed by atoms with Crippen molar-refractivity contribution in [3.05, 3.63) is 71.8 Å². The second kappa shape index (κ2) is 7.39. The monoisotopic (exact) mass is 283 g/mol. The van der Waals surface area contributed by atoms with Crippen LogP contribution in [0.15, 0.2) is 60.7 Å². The van der Waals surface area contributed by atoms with Gasteiger partial charge in [0.1, 0.15) is 5.72 Å². The standard InChI is InChI=1S/C19H25NO/c1-3-19(2,21)20-15-14-18(16-10-6-4-7-11-16)17-12-8-5-9-13-17/h4-13,18,20-21H,3,14-15H2,1-2H3. The molecule has 2 aromatic carbocycles. The topological polar surface area (TPSA) is 32.3 Å². The van der Waals surface area contributed by atoms with Gasteiger partial charge in [0.25, 0.3) is 0 Å². The van der Waals surface area contributed by atoms with Gasteiger partial charge in [-0.2, -0.15) is 0 Å². The second-order valence-electron chi connectivity index (χ2n) is 5.72. The number of benzene rings is 2. The first-order valence-electron chi connectivity index (χ1n) is 7.69. The molecule has 0 spiro atoms. The summed E-state index contributed by atoms with van der Waals surface area (Å²) in [5.74, 6) is 0.354. The van der Waals surface area contributed by atoms with Gasteiger partial charge in [-0.05, 0) is 37.4 Å². The molecule has 0 aliphatic carbocycles. The Balaban J connectivity index is 2.11. The molecule has 0 fully saturated rings. The summed E-state index contributed by atoms with van der Waals surface area (Å²) in [6, 6.07) is 21.1. The maximum absolute atomic E-state index is 10.1. The highest BCUT2D eigenvalue weighted by atomic mass is 16.3. The Labute approximate surface area is 127 Å². The Kier molecular flexibility index (Phi) is 5.54. The Hall–Kier alpha value is -1.64. The van der Waals surface area contributed by atoms with Crippen LogP contribution in [-0.2, 0) is 0 Å². The van der Waals surface area contributed by atoms with Crippen molar-refractivity contribution in [3.8, 4) is 0 Å². The SMILES string of the molecule is CCC(C)(O)NCCC(c1ccccc1)c1ccccc1. The molecule has 0 saturated carbocycles. The average Bonchev–Trinajstić information content (AvgIpc) is 2.53. The fraction of sp³-hybridized carbons (Fsp3) is 0.368. The molecule has 21 heavy (non-hydrogen) atoms. The minimum absolute atomic E-state index is 0.354. The maximum atomic E-state index is 10.1. The van der Waals surface area contributed by atoms with E-state index in [0.717, 1.165) is 13.0 Å². The molecule has 2 N–H and O–H groups in total. The molecular formula is C19H25NO. The molecule has 0 amide bonds. The first-order chi connectivity index (χ1) is 10.1. The van der Waals surface area contributed by atoms with E-state index >= 15 is 0 Å². The van der Waals surface area contributed by atoms with Crippen LogP contribution in [0.1, 0.15) is 43.7 Å². The van der Waals surface area contributed by atoms with Crippen molar-refractivity contribution < 1.29 is 5.11 Å². The molecule has 0 saturated heterocycles. The molecule has 2 rings (SSSR count). The van der Waals surface area contributed by atoms with Gasteiger partial charge in [0, 0.05) is 5.92 Å². The molecule has 2 nitrogen and oxygen atoms in total. The molecule has 1 unspecified atom stereocenters. The van der Waals surface area contributed by atoms with Gasteiger partial charge in [0.05, 0.1) is 0 Å². The van der Waals surface area contributed by atoms with Gasteiger partial charge in [-0.1, -0.05) is 67.6 Å². The zero-order valence-corrected chi connectivity index (χ0v) is 12.9. The van der Waals surface area contributed by atoms with Crippen LogP contribution in [0.3, 0.4) is 0 Å². The average molecular weight is 283 g/mol.